The fourth-order valence-electron chi connectivity index (χ4n) is 2.59. The maximum Gasteiger partial charge on any atom is 0.379 e. The highest BCUT2D eigenvalue weighted by molar-refractivity contribution is 6.39. The molecule has 10 heteroatoms. The highest BCUT2D eigenvalue weighted by Crippen LogP contribution is 2.29. The lowest BCUT2D eigenvalue weighted by Gasteiger charge is -2.10. The summed E-state index contributed by atoms with van der Waals surface area (Å²) < 4.78 is 15.5. The summed E-state index contributed by atoms with van der Waals surface area (Å²) in [5.41, 5.74) is 3.88. The molecule has 166 valence electrons. The second-order valence-electron chi connectivity index (χ2n) is 6.51. The van der Waals surface area contributed by atoms with Crippen molar-refractivity contribution in [1.82, 2.24) is 5.43 Å². The van der Waals surface area contributed by atoms with Crippen molar-refractivity contribution in [2.24, 2.45) is 5.10 Å². The van der Waals surface area contributed by atoms with Crippen LogP contribution in [0.15, 0.2) is 70.4 Å². The highest BCUT2D eigenvalue weighted by atomic mass is 16.6. The van der Waals surface area contributed by atoms with E-state index >= 15 is 0 Å². The van der Waals surface area contributed by atoms with Crippen molar-refractivity contribution in [2.75, 3.05) is 12.4 Å². The number of nitriles is 1. The van der Waals surface area contributed by atoms with Gasteiger partial charge in [-0.3, -0.25) is 9.59 Å². The van der Waals surface area contributed by atoms with Gasteiger partial charge in [-0.05, 0) is 61.5 Å². The van der Waals surface area contributed by atoms with Crippen molar-refractivity contribution < 1.29 is 28.3 Å². The van der Waals surface area contributed by atoms with Gasteiger partial charge in [-0.2, -0.15) is 10.4 Å². The van der Waals surface area contributed by atoms with Crippen LogP contribution in [0, 0.1) is 11.3 Å². The first kappa shape index (κ1) is 22.8. The Morgan fingerprint density at radius 2 is 1.79 bits per heavy atom. The predicted molar refractivity (Wildman–Crippen MR) is 117 cm³/mol. The molecular formula is C23H18N4O6. The summed E-state index contributed by atoms with van der Waals surface area (Å²) in [7, 11) is 1.41. The molecule has 3 rings (SSSR count). The molecule has 0 saturated carbocycles. The van der Waals surface area contributed by atoms with E-state index in [9.17, 15) is 14.4 Å². The molecule has 0 aliphatic heterocycles. The Hall–Kier alpha value is -4.91. The second-order valence-corrected chi connectivity index (χ2v) is 6.51. The predicted octanol–water partition coefficient (Wildman–Crippen LogP) is 2.86. The molecular weight excluding hydrogens is 428 g/mol. The summed E-state index contributed by atoms with van der Waals surface area (Å²) in [6.07, 6.45) is 1.36. The number of esters is 1. The number of anilines is 1. The Morgan fingerprint density at radius 1 is 1.03 bits per heavy atom. The molecule has 3 aromatic rings. The average molecular weight is 446 g/mol. The summed E-state index contributed by atoms with van der Waals surface area (Å²) >= 11 is 0. The van der Waals surface area contributed by atoms with Crippen LogP contribution >= 0.6 is 0 Å². The van der Waals surface area contributed by atoms with Gasteiger partial charge in [0.15, 0.2) is 11.5 Å². The first-order valence-corrected chi connectivity index (χ1v) is 9.51. The van der Waals surface area contributed by atoms with E-state index in [4.69, 9.17) is 19.2 Å². The van der Waals surface area contributed by atoms with E-state index in [0.717, 1.165) is 0 Å². The Kier molecular flexibility index (Phi) is 7.18. The molecule has 0 aliphatic rings. The third-order valence-electron chi connectivity index (χ3n) is 4.31. The first-order valence-electron chi connectivity index (χ1n) is 9.51. The van der Waals surface area contributed by atoms with E-state index in [1.165, 1.54) is 49.8 Å². The number of furan rings is 1. The minimum Gasteiger partial charge on any atom is -0.493 e. The number of hydrogen-bond acceptors (Lipinski definition) is 8. The Labute approximate surface area is 188 Å². The Balaban J connectivity index is 1.64. The third-order valence-corrected chi connectivity index (χ3v) is 4.31. The topological polar surface area (TPSA) is 143 Å². The zero-order valence-corrected chi connectivity index (χ0v) is 17.6. The van der Waals surface area contributed by atoms with Gasteiger partial charge in [-0.1, -0.05) is 0 Å². The lowest BCUT2D eigenvalue weighted by atomic mass is 10.1. The number of carbonyl (C=O) groups is 3. The van der Waals surface area contributed by atoms with Crippen molar-refractivity contribution in [2.45, 2.75) is 6.92 Å². The smallest absolute Gasteiger partial charge is 0.379 e. The van der Waals surface area contributed by atoms with Crippen LogP contribution in [0.25, 0.3) is 0 Å². The van der Waals surface area contributed by atoms with E-state index in [1.54, 1.807) is 25.1 Å². The van der Waals surface area contributed by atoms with Crippen molar-refractivity contribution in [3.05, 3.63) is 77.7 Å². The van der Waals surface area contributed by atoms with Crippen molar-refractivity contribution >= 4 is 29.2 Å². The molecule has 0 atom stereocenters. The normalized spacial score (nSPS) is 10.6. The number of benzene rings is 2. The van der Waals surface area contributed by atoms with Crippen LogP contribution in [0.4, 0.5) is 5.69 Å². The average Bonchev–Trinajstić information content (AvgIpc) is 3.38. The molecule has 0 saturated heterocycles. The number of carbonyl (C=O) groups excluding carboxylic acids is 3. The number of nitrogens with zero attached hydrogens (tertiary/aromatic N) is 2. The van der Waals surface area contributed by atoms with Gasteiger partial charge < -0.3 is 19.2 Å². The molecule has 10 nitrogen and oxygen atoms in total. The maximum atomic E-state index is 12.1. The number of methoxy groups -OCH3 is 1. The van der Waals surface area contributed by atoms with Crippen LogP contribution in [-0.4, -0.2) is 30.6 Å². The molecule has 2 amide bonds. The van der Waals surface area contributed by atoms with E-state index in [-0.39, 0.29) is 17.3 Å². The minimum atomic E-state index is -0.977. The molecule has 0 unspecified atom stereocenters. The van der Waals surface area contributed by atoms with Crippen molar-refractivity contribution in [1.29, 1.82) is 5.26 Å². The van der Waals surface area contributed by atoms with Crippen LogP contribution in [0.2, 0.25) is 0 Å². The van der Waals surface area contributed by atoms with Gasteiger partial charge in [0.2, 0.25) is 5.76 Å². The van der Waals surface area contributed by atoms with Gasteiger partial charge in [0.25, 0.3) is 0 Å². The van der Waals surface area contributed by atoms with Gasteiger partial charge in [0.05, 0.1) is 30.7 Å². The number of hydrogen-bond donors (Lipinski definition) is 2. The molecule has 2 N–H and O–H groups in total. The molecule has 0 radical (unpaired) electrons. The van der Waals surface area contributed by atoms with Crippen molar-refractivity contribution in [3.63, 3.8) is 0 Å². The lowest BCUT2D eigenvalue weighted by molar-refractivity contribution is -0.136. The van der Waals surface area contributed by atoms with Crippen LogP contribution in [0.5, 0.6) is 11.5 Å². The van der Waals surface area contributed by atoms with Gasteiger partial charge >= 0.3 is 17.8 Å². The number of hydrazone groups is 1. The molecule has 0 aliphatic carbocycles. The molecule has 0 bridgehead atoms. The molecule has 1 heterocycles. The molecule has 0 spiro atoms. The standard InChI is InChI=1S/C23H18N4O6/c1-14(26-27-22(29)21(28)25-17-8-5-15(13-24)6-9-17)16-7-10-18(20(12-16)31-2)33-23(30)19-4-3-11-32-19/h3-12H,1-2H3,(H,25,28)(H,27,29)/b26-14+. The number of rotatable bonds is 6. The Bertz CT molecular complexity index is 1240. The van der Waals surface area contributed by atoms with Gasteiger partial charge in [0, 0.05) is 11.3 Å². The third kappa shape index (κ3) is 5.83. The van der Waals surface area contributed by atoms with E-state index in [2.05, 4.69) is 15.8 Å². The van der Waals surface area contributed by atoms with Crippen LogP contribution in [0.1, 0.15) is 28.6 Å². The quantitative estimate of drug-likeness (QED) is 0.195. The summed E-state index contributed by atoms with van der Waals surface area (Å²) in [5.74, 6) is -2.12. The zero-order valence-electron chi connectivity index (χ0n) is 17.6. The number of nitrogens with one attached hydrogen (secondary N) is 2. The fraction of sp³-hybridized carbons (Fsp3) is 0.0870. The molecule has 0 fully saturated rings. The lowest BCUT2D eigenvalue weighted by Crippen LogP contribution is -2.32. The van der Waals surface area contributed by atoms with Crippen LogP contribution < -0.4 is 20.2 Å². The zero-order chi connectivity index (χ0) is 23.8. The highest BCUT2D eigenvalue weighted by Gasteiger charge is 2.16. The minimum absolute atomic E-state index is 0.0425. The van der Waals surface area contributed by atoms with E-state index < -0.39 is 17.8 Å². The fourth-order valence-corrected chi connectivity index (χ4v) is 2.59. The summed E-state index contributed by atoms with van der Waals surface area (Å²) in [6, 6.07) is 15.7. The van der Waals surface area contributed by atoms with Gasteiger partial charge in [-0.25, -0.2) is 10.2 Å². The van der Waals surface area contributed by atoms with E-state index in [1.807, 2.05) is 6.07 Å². The summed E-state index contributed by atoms with van der Waals surface area (Å²) in [6.45, 7) is 1.61. The van der Waals surface area contributed by atoms with Crippen molar-refractivity contribution in [3.8, 4) is 17.6 Å². The monoisotopic (exact) mass is 446 g/mol. The SMILES string of the molecule is COc1cc(/C(C)=N/NC(=O)C(=O)Nc2ccc(C#N)cc2)ccc1OC(=O)c1ccco1. The molecule has 33 heavy (non-hydrogen) atoms. The molecule has 1 aromatic heterocycles. The Morgan fingerprint density at radius 3 is 2.42 bits per heavy atom. The molecule has 2 aromatic carbocycles. The number of ether oxygens (including phenoxy) is 2. The maximum absolute atomic E-state index is 12.1. The first-order chi connectivity index (χ1) is 15.9. The number of amides is 2. The van der Waals surface area contributed by atoms with Gasteiger partial charge in [-0.15, -0.1) is 0 Å². The van der Waals surface area contributed by atoms with E-state index in [0.29, 0.717) is 22.5 Å². The largest absolute Gasteiger partial charge is 0.493 e. The summed E-state index contributed by atoms with van der Waals surface area (Å²) in [4.78, 5) is 36.1. The van der Waals surface area contributed by atoms with Gasteiger partial charge in [0.1, 0.15) is 0 Å². The van der Waals surface area contributed by atoms with Crippen LogP contribution in [-0.2, 0) is 9.59 Å². The second kappa shape index (κ2) is 10.4. The summed E-state index contributed by atoms with van der Waals surface area (Å²) in [5, 5.41) is 15.1. The van der Waals surface area contributed by atoms with Crippen LogP contribution in [0.3, 0.4) is 0 Å².